The topological polar surface area (TPSA) is 71.6 Å². The number of nitrogens with one attached hydrogen (secondary N) is 1. The summed E-state index contributed by atoms with van der Waals surface area (Å²) in [5.41, 5.74) is 1.21. The number of rotatable bonds is 3. The Morgan fingerprint density at radius 2 is 1.92 bits per heavy atom. The van der Waals surface area contributed by atoms with Crippen LogP contribution in [0.1, 0.15) is 31.3 Å². The number of esters is 1. The Morgan fingerprint density at radius 3 is 2.58 bits per heavy atom. The van der Waals surface area contributed by atoms with Gasteiger partial charge < -0.3 is 19.4 Å². The van der Waals surface area contributed by atoms with E-state index >= 15 is 0 Å². The number of aromatic nitrogens is 1. The summed E-state index contributed by atoms with van der Waals surface area (Å²) in [7, 11) is 0. The number of hydrogen-bond donors (Lipinski definition) is 1. The van der Waals surface area contributed by atoms with E-state index in [0.29, 0.717) is 18.8 Å². The molecule has 3 rings (SSSR count). The van der Waals surface area contributed by atoms with Gasteiger partial charge in [-0.25, -0.2) is 4.79 Å². The number of ether oxygens (including phenoxy) is 2. The van der Waals surface area contributed by atoms with Crippen molar-refractivity contribution in [1.82, 2.24) is 9.88 Å². The highest BCUT2D eigenvalue weighted by Crippen LogP contribution is 2.17. The van der Waals surface area contributed by atoms with Gasteiger partial charge in [0.05, 0.1) is 12.2 Å². The molecule has 0 spiro atoms. The maximum atomic E-state index is 12.5. The van der Waals surface area contributed by atoms with Crippen molar-refractivity contribution in [2.75, 3.05) is 13.1 Å². The summed E-state index contributed by atoms with van der Waals surface area (Å²) < 4.78 is 11.0. The van der Waals surface area contributed by atoms with Gasteiger partial charge in [-0.05, 0) is 32.9 Å². The molecule has 2 aromatic rings. The third-order valence-electron chi connectivity index (χ3n) is 4.11. The van der Waals surface area contributed by atoms with Gasteiger partial charge in [0, 0.05) is 24.0 Å². The van der Waals surface area contributed by atoms with Gasteiger partial charge in [0.15, 0.2) is 6.10 Å². The number of H-pyrrole nitrogens is 1. The summed E-state index contributed by atoms with van der Waals surface area (Å²) in [6.45, 7) is 6.48. The quantitative estimate of drug-likeness (QED) is 0.877. The Hall–Kier alpha value is -2.34. The average Bonchev–Trinajstić information content (AvgIpc) is 2.97. The number of fused-ring (bicyclic) bond motifs is 1. The van der Waals surface area contributed by atoms with Crippen LogP contribution in [0.5, 0.6) is 0 Å². The second-order valence-corrected chi connectivity index (χ2v) is 6.32. The highest BCUT2D eigenvalue weighted by Gasteiger charge is 2.30. The molecule has 3 atom stereocenters. The molecule has 128 valence electrons. The lowest BCUT2D eigenvalue weighted by Gasteiger charge is -2.36. The predicted molar refractivity (Wildman–Crippen MR) is 89.8 cm³/mol. The monoisotopic (exact) mass is 330 g/mol. The molecule has 3 unspecified atom stereocenters. The summed E-state index contributed by atoms with van der Waals surface area (Å²) in [5, 5.41) is 0.930. The first-order valence-corrected chi connectivity index (χ1v) is 8.17. The smallest absolute Gasteiger partial charge is 0.355 e. The summed E-state index contributed by atoms with van der Waals surface area (Å²) in [5.74, 6) is -0.720. The summed E-state index contributed by atoms with van der Waals surface area (Å²) in [6.07, 6.45) is -0.870. The van der Waals surface area contributed by atoms with Crippen molar-refractivity contribution in [1.29, 1.82) is 0 Å². The van der Waals surface area contributed by atoms with E-state index in [1.54, 1.807) is 17.9 Å². The van der Waals surface area contributed by atoms with E-state index in [4.69, 9.17) is 9.47 Å². The average molecular weight is 330 g/mol. The highest BCUT2D eigenvalue weighted by molar-refractivity contribution is 5.96. The van der Waals surface area contributed by atoms with Crippen molar-refractivity contribution >= 4 is 22.8 Å². The molecule has 0 bridgehead atoms. The zero-order chi connectivity index (χ0) is 17.3. The van der Waals surface area contributed by atoms with Crippen LogP contribution in [0.15, 0.2) is 30.3 Å². The molecule has 1 aliphatic heterocycles. The molecule has 1 aromatic carbocycles. The van der Waals surface area contributed by atoms with Crippen LogP contribution in [0.25, 0.3) is 10.9 Å². The first kappa shape index (κ1) is 16.5. The van der Waals surface area contributed by atoms with Crippen LogP contribution in [-0.4, -0.2) is 53.2 Å². The van der Waals surface area contributed by atoms with Crippen molar-refractivity contribution in [3.8, 4) is 0 Å². The highest BCUT2D eigenvalue weighted by atomic mass is 16.5. The molecule has 1 amide bonds. The Bertz CT molecular complexity index is 711. The molecular weight excluding hydrogens is 308 g/mol. The first-order chi connectivity index (χ1) is 11.4. The number of para-hydroxylation sites is 1. The maximum Gasteiger partial charge on any atom is 0.355 e. The number of aromatic amines is 1. The van der Waals surface area contributed by atoms with Gasteiger partial charge >= 0.3 is 5.97 Å². The largest absolute Gasteiger partial charge is 0.448 e. The minimum Gasteiger partial charge on any atom is -0.448 e. The van der Waals surface area contributed by atoms with E-state index in [2.05, 4.69) is 4.98 Å². The van der Waals surface area contributed by atoms with Crippen LogP contribution in [0, 0.1) is 0 Å². The van der Waals surface area contributed by atoms with E-state index in [1.807, 2.05) is 38.1 Å². The lowest BCUT2D eigenvalue weighted by molar-refractivity contribution is -0.151. The van der Waals surface area contributed by atoms with Crippen molar-refractivity contribution in [2.45, 2.75) is 39.1 Å². The third-order valence-corrected chi connectivity index (χ3v) is 4.11. The van der Waals surface area contributed by atoms with Crippen LogP contribution in [0.4, 0.5) is 0 Å². The van der Waals surface area contributed by atoms with E-state index in [0.717, 1.165) is 10.9 Å². The fourth-order valence-corrected chi connectivity index (χ4v) is 3.07. The van der Waals surface area contributed by atoms with Gasteiger partial charge in [-0.2, -0.15) is 0 Å². The molecular formula is C18H22N2O4. The van der Waals surface area contributed by atoms with E-state index < -0.39 is 12.1 Å². The van der Waals surface area contributed by atoms with Crippen molar-refractivity contribution in [2.24, 2.45) is 0 Å². The lowest BCUT2D eigenvalue weighted by atomic mass is 10.2. The zero-order valence-electron chi connectivity index (χ0n) is 14.1. The number of carbonyl (C=O) groups is 2. The number of nitrogens with zero attached hydrogens (tertiary/aromatic N) is 1. The minimum atomic E-state index is -0.832. The zero-order valence-corrected chi connectivity index (χ0v) is 14.1. The van der Waals surface area contributed by atoms with Gasteiger partial charge in [-0.15, -0.1) is 0 Å². The molecule has 6 heteroatoms. The molecule has 24 heavy (non-hydrogen) atoms. The molecule has 0 aliphatic carbocycles. The maximum absolute atomic E-state index is 12.5. The van der Waals surface area contributed by atoms with Crippen LogP contribution in [0.2, 0.25) is 0 Å². The van der Waals surface area contributed by atoms with Gasteiger partial charge in [-0.3, -0.25) is 4.79 Å². The van der Waals surface area contributed by atoms with Gasteiger partial charge in [-0.1, -0.05) is 18.2 Å². The predicted octanol–water partition coefficient (Wildman–Crippen LogP) is 2.35. The fraction of sp³-hybridized carbons (Fsp3) is 0.444. The Kier molecular flexibility index (Phi) is 4.57. The second-order valence-electron chi connectivity index (χ2n) is 6.32. The molecule has 0 saturated carbocycles. The first-order valence-electron chi connectivity index (χ1n) is 8.17. The standard InChI is InChI=1S/C18H22N2O4/c1-11-9-20(10-12(2)23-11)17(21)13(3)24-18(22)16-8-14-6-4-5-7-15(14)19-16/h4-8,11-13,19H,9-10H2,1-3H3. The summed E-state index contributed by atoms with van der Waals surface area (Å²) >= 11 is 0. The van der Waals surface area contributed by atoms with Crippen LogP contribution < -0.4 is 0 Å². The van der Waals surface area contributed by atoms with Gasteiger partial charge in [0.25, 0.3) is 5.91 Å². The van der Waals surface area contributed by atoms with E-state index in [1.165, 1.54) is 0 Å². The summed E-state index contributed by atoms with van der Waals surface area (Å²) in [4.78, 5) is 29.5. The van der Waals surface area contributed by atoms with Gasteiger partial charge in [0.1, 0.15) is 5.69 Å². The van der Waals surface area contributed by atoms with Crippen molar-refractivity contribution in [3.05, 3.63) is 36.0 Å². The van der Waals surface area contributed by atoms with Crippen LogP contribution >= 0.6 is 0 Å². The normalized spacial score (nSPS) is 22.4. The molecule has 1 fully saturated rings. The molecule has 6 nitrogen and oxygen atoms in total. The number of carbonyl (C=O) groups excluding carboxylic acids is 2. The molecule has 0 radical (unpaired) electrons. The Balaban J connectivity index is 1.66. The van der Waals surface area contributed by atoms with Gasteiger partial charge in [0.2, 0.25) is 0 Å². The molecule has 1 saturated heterocycles. The van der Waals surface area contributed by atoms with E-state index in [9.17, 15) is 9.59 Å². The fourth-order valence-electron chi connectivity index (χ4n) is 3.07. The Morgan fingerprint density at radius 1 is 1.25 bits per heavy atom. The molecule has 1 N–H and O–H groups in total. The SMILES string of the molecule is CC1CN(C(=O)C(C)OC(=O)c2cc3ccccc3[nH]2)CC(C)O1. The lowest BCUT2D eigenvalue weighted by Crippen LogP contribution is -2.51. The molecule has 1 aromatic heterocycles. The van der Waals surface area contributed by atoms with Crippen molar-refractivity contribution in [3.63, 3.8) is 0 Å². The minimum absolute atomic E-state index is 0.0192. The van der Waals surface area contributed by atoms with E-state index in [-0.39, 0.29) is 18.1 Å². The summed E-state index contributed by atoms with van der Waals surface area (Å²) in [6, 6.07) is 9.32. The number of amides is 1. The second kappa shape index (κ2) is 6.65. The number of morpholine rings is 1. The molecule has 1 aliphatic rings. The van der Waals surface area contributed by atoms with Crippen LogP contribution in [0.3, 0.4) is 0 Å². The van der Waals surface area contributed by atoms with Crippen LogP contribution in [-0.2, 0) is 14.3 Å². The van der Waals surface area contributed by atoms with Crippen molar-refractivity contribution < 1.29 is 19.1 Å². The molecule has 2 heterocycles. The number of benzene rings is 1. The Labute approximate surface area is 140 Å². The number of hydrogen-bond acceptors (Lipinski definition) is 4. The third kappa shape index (κ3) is 3.43.